The van der Waals surface area contributed by atoms with Crippen LogP contribution >= 0.6 is 0 Å². The second kappa shape index (κ2) is 11.7. The second-order valence-electron chi connectivity index (χ2n) is 7.41. The Balaban J connectivity index is 2.31. The predicted octanol–water partition coefficient (Wildman–Crippen LogP) is 2.60. The number of benzene rings is 2. The van der Waals surface area contributed by atoms with E-state index in [0.29, 0.717) is 23.5 Å². The van der Waals surface area contributed by atoms with Crippen molar-refractivity contribution < 1.29 is 32.2 Å². The van der Waals surface area contributed by atoms with Crippen LogP contribution in [0.5, 0.6) is 11.5 Å². The summed E-state index contributed by atoms with van der Waals surface area (Å²) < 4.78 is 42.8. The molecule has 0 heterocycles. The largest absolute Gasteiger partial charge is 0.497 e. The van der Waals surface area contributed by atoms with Crippen molar-refractivity contribution in [2.24, 2.45) is 0 Å². The number of nitrogens with one attached hydrogen (secondary N) is 1. The summed E-state index contributed by atoms with van der Waals surface area (Å²) in [4.78, 5) is 26.5. The van der Waals surface area contributed by atoms with E-state index in [-0.39, 0.29) is 29.6 Å². The molecule has 9 nitrogen and oxygen atoms in total. The first-order chi connectivity index (χ1) is 15.6. The van der Waals surface area contributed by atoms with Crippen LogP contribution in [0.15, 0.2) is 47.4 Å². The molecule has 10 heteroatoms. The number of hydrogen-bond acceptors (Lipinski definition) is 7. The molecule has 0 spiro atoms. The summed E-state index contributed by atoms with van der Waals surface area (Å²) in [6, 6.07) is 10.5. The number of esters is 1. The molecule has 0 aromatic heterocycles. The Kier molecular flexibility index (Phi) is 9.24. The molecule has 0 saturated heterocycles. The van der Waals surface area contributed by atoms with E-state index in [1.54, 1.807) is 25.1 Å². The van der Waals surface area contributed by atoms with E-state index < -0.39 is 21.9 Å². The van der Waals surface area contributed by atoms with Gasteiger partial charge in [-0.3, -0.25) is 9.59 Å². The van der Waals surface area contributed by atoms with Gasteiger partial charge in [0.1, 0.15) is 18.0 Å². The van der Waals surface area contributed by atoms with Crippen molar-refractivity contribution in [3.63, 3.8) is 0 Å². The Morgan fingerprint density at radius 1 is 1.00 bits per heavy atom. The number of hydrogen-bond donors (Lipinski definition) is 1. The SMILES string of the molecule is CCC(C)NS(=O)(=O)c1ccc(C(=O)N(CC(=O)OC)Cc2cc(OC)cc(OC)c2)cc1. The monoisotopic (exact) mass is 478 g/mol. The Bertz CT molecular complexity index is 1050. The highest BCUT2D eigenvalue weighted by molar-refractivity contribution is 7.89. The Morgan fingerprint density at radius 2 is 1.58 bits per heavy atom. The topological polar surface area (TPSA) is 111 Å². The summed E-state index contributed by atoms with van der Waals surface area (Å²) in [5.41, 5.74) is 0.914. The molecule has 1 atom stereocenters. The zero-order chi connectivity index (χ0) is 24.6. The third-order valence-electron chi connectivity index (χ3n) is 5.00. The lowest BCUT2D eigenvalue weighted by molar-refractivity contribution is -0.141. The molecule has 0 bridgehead atoms. The number of carbonyl (C=O) groups excluding carboxylic acids is 2. The van der Waals surface area contributed by atoms with E-state index in [1.807, 2.05) is 6.92 Å². The minimum Gasteiger partial charge on any atom is -0.497 e. The van der Waals surface area contributed by atoms with Gasteiger partial charge in [-0.2, -0.15) is 0 Å². The third kappa shape index (κ3) is 7.19. The molecule has 0 radical (unpaired) electrons. The fourth-order valence-corrected chi connectivity index (χ4v) is 4.30. The summed E-state index contributed by atoms with van der Waals surface area (Å²) in [5, 5.41) is 0. The van der Waals surface area contributed by atoms with Gasteiger partial charge in [0.2, 0.25) is 10.0 Å². The van der Waals surface area contributed by atoms with Gasteiger partial charge in [0, 0.05) is 24.2 Å². The Morgan fingerprint density at radius 3 is 2.06 bits per heavy atom. The third-order valence-corrected chi connectivity index (χ3v) is 6.61. The van der Waals surface area contributed by atoms with Gasteiger partial charge in [0.05, 0.1) is 26.2 Å². The van der Waals surface area contributed by atoms with Crippen molar-refractivity contribution in [2.45, 2.75) is 37.8 Å². The maximum Gasteiger partial charge on any atom is 0.325 e. The number of amides is 1. The average Bonchev–Trinajstić information content (AvgIpc) is 2.82. The molecule has 1 unspecified atom stereocenters. The van der Waals surface area contributed by atoms with Gasteiger partial charge in [0.15, 0.2) is 0 Å². The second-order valence-corrected chi connectivity index (χ2v) is 9.13. The molecular weight excluding hydrogens is 448 g/mol. The molecule has 2 aromatic rings. The van der Waals surface area contributed by atoms with E-state index in [9.17, 15) is 18.0 Å². The summed E-state index contributed by atoms with van der Waals surface area (Å²) in [5.74, 6) is 0.0348. The highest BCUT2D eigenvalue weighted by Gasteiger charge is 2.22. The van der Waals surface area contributed by atoms with Gasteiger partial charge in [0.25, 0.3) is 5.91 Å². The van der Waals surface area contributed by atoms with Crippen LogP contribution in [-0.4, -0.2) is 59.1 Å². The van der Waals surface area contributed by atoms with E-state index in [1.165, 1.54) is 50.5 Å². The lowest BCUT2D eigenvalue weighted by Gasteiger charge is -2.22. The number of carbonyl (C=O) groups is 2. The standard InChI is InChI=1S/C23H30N2O7S/c1-6-16(2)24-33(28,29)21-9-7-18(8-10-21)23(27)25(15-22(26)32-5)14-17-11-19(30-3)13-20(12-17)31-4/h7-13,16,24H,6,14-15H2,1-5H3. The summed E-state index contributed by atoms with van der Waals surface area (Å²) in [6.07, 6.45) is 0.646. The van der Waals surface area contributed by atoms with Crippen molar-refractivity contribution in [2.75, 3.05) is 27.9 Å². The van der Waals surface area contributed by atoms with Crippen LogP contribution in [0.3, 0.4) is 0 Å². The fraction of sp³-hybridized carbons (Fsp3) is 0.391. The van der Waals surface area contributed by atoms with E-state index in [2.05, 4.69) is 4.72 Å². The van der Waals surface area contributed by atoms with E-state index >= 15 is 0 Å². The Labute approximate surface area is 194 Å². The quantitative estimate of drug-likeness (QED) is 0.494. The molecule has 33 heavy (non-hydrogen) atoms. The first-order valence-corrected chi connectivity index (χ1v) is 11.8. The maximum absolute atomic E-state index is 13.2. The van der Waals surface area contributed by atoms with Crippen LogP contribution in [0.4, 0.5) is 0 Å². The molecule has 1 N–H and O–H groups in total. The molecule has 180 valence electrons. The predicted molar refractivity (Wildman–Crippen MR) is 123 cm³/mol. The van der Waals surface area contributed by atoms with Crippen molar-refractivity contribution >= 4 is 21.9 Å². The van der Waals surface area contributed by atoms with Gasteiger partial charge < -0.3 is 19.1 Å². The van der Waals surface area contributed by atoms with Crippen molar-refractivity contribution in [1.82, 2.24) is 9.62 Å². The zero-order valence-corrected chi connectivity index (χ0v) is 20.3. The fourth-order valence-electron chi connectivity index (χ4n) is 2.97. The van der Waals surface area contributed by atoms with E-state index in [0.717, 1.165) is 0 Å². The smallest absolute Gasteiger partial charge is 0.325 e. The Hall–Kier alpha value is -3.11. The van der Waals surface area contributed by atoms with Crippen LogP contribution in [0.25, 0.3) is 0 Å². The summed E-state index contributed by atoms with van der Waals surface area (Å²) >= 11 is 0. The lowest BCUT2D eigenvalue weighted by Crippen LogP contribution is -2.36. The van der Waals surface area contributed by atoms with Crippen LogP contribution in [0, 0.1) is 0 Å². The van der Waals surface area contributed by atoms with E-state index in [4.69, 9.17) is 14.2 Å². The molecule has 0 aliphatic rings. The molecule has 2 rings (SSSR count). The number of methoxy groups -OCH3 is 3. The first kappa shape index (κ1) is 26.1. The van der Waals surface area contributed by atoms with Crippen molar-refractivity contribution in [3.05, 3.63) is 53.6 Å². The number of sulfonamides is 1. The minimum absolute atomic E-state index is 0.0522. The highest BCUT2D eigenvalue weighted by atomic mass is 32.2. The maximum atomic E-state index is 13.2. The van der Waals surface area contributed by atoms with Gasteiger partial charge in [-0.05, 0) is 55.3 Å². The van der Waals surface area contributed by atoms with Gasteiger partial charge in [-0.15, -0.1) is 0 Å². The lowest BCUT2D eigenvalue weighted by atomic mass is 10.1. The molecular formula is C23H30N2O7S. The van der Waals surface area contributed by atoms with Crippen LogP contribution in [-0.2, 0) is 26.1 Å². The molecule has 0 aliphatic heterocycles. The van der Waals surface area contributed by atoms with Crippen LogP contribution in [0.2, 0.25) is 0 Å². The minimum atomic E-state index is -3.70. The van der Waals surface area contributed by atoms with Gasteiger partial charge in [-0.1, -0.05) is 6.92 Å². The molecule has 0 fully saturated rings. The number of ether oxygens (including phenoxy) is 3. The molecule has 2 aromatic carbocycles. The van der Waals surface area contributed by atoms with Crippen molar-refractivity contribution in [1.29, 1.82) is 0 Å². The zero-order valence-electron chi connectivity index (χ0n) is 19.5. The van der Waals surface area contributed by atoms with Gasteiger partial charge >= 0.3 is 5.97 Å². The number of nitrogens with zero attached hydrogens (tertiary/aromatic N) is 1. The van der Waals surface area contributed by atoms with Crippen molar-refractivity contribution in [3.8, 4) is 11.5 Å². The highest BCUT2D eigenvalue weighted by Crippen LogP contribution is 2.24. The van der Waals surface area contributed by atoms with Crippen LogP contribution in [0.1, 0.15) is 36.2 Å². The van der Waals surface area contributed by atoms with Crippen LogP contribution < -0.4 is 14.2 Å². The first-order valence-electron chi connectivity index (χ1n) is 10.3. The summed E-state index contributed by atoms with van der Waals surface area (Å²) in [7, 11) is 0.573. The van der Waals surface area contributed by atoms with Gasteiger partial charge in [-0.25, -0.2) is 13.1 Å². The average molecular weight is 479 g/mol. The molecule has 0 saturated carbocycles. The molecule has 1 amide bonds. The number of rotatable bonds is 11. The summed E-state index contributed by atoms with van der Waals surface area (Å²) in [6.45, 7) is 3.44. The molecule has 0 aliphatic carbocycles. The normalized spacial score (nSPS) is 12.0.